The summed E-state index contributed by atoms with van der Waals surface area (Å²) in [7, 11) is 1.40. The lowest BCUT2D eigenvalue weighted by Crippen LogP contribution is -2.31. The number of hydrogen-bond acceptors (Lipinski definition) is 4. The molecule has 0 bridgehead atoms. The van der Waals surface area contributed by atoms with E-state index in [9.17, 15) is 9.90 Å². The molecule has 0 radical (unpaired) electrons. The molecule has 0 amide bonds. The molecule has 0 unspecified atom stereocenters. The van der Waals surface area contributed by atoms with Crippen molar-refractivity contribution < 1.29 is 14.6 Å². The molecule has 0 aliphatic carbocycles. The summed E-state index contributed by atoms with van der Waals surface area (Å²) in [6, 6.07) is 5.43. The molecule has 0 spiro atoms. The molecule has 1 aliphatic rings. The number of ether oxygens (including phenoxy) is 1. The normalized spacial score (nSPS) is 14.3. The zero-order valence-electron chi connectivity index (χ0n) is 9.98. The van der Waals surface area contributed by atoms with E-state index in [0.717, 1.165) is 25.1 Å². The van der Waals surface area contributed by atoms with Gasteiger partial charge in [0, 0.05) is 24.8 Å². The fourth-order valence-electron chi connectivity index (χ4n) is 2.20. The van der Waals surface area contributed by atoms with Gasteiger partial charge in [0.25, 0.3) is 0 Å². The minimum Gasteiger partial charge on any atom is -0.508 e. The average Bonchev–Trinajstić information content (AvgIpc) is 2.35. The molecule has 1 heterocycles. The number of methoxy groups -OCH3 is 1. The number of esters is 1. The topological polar surface area (TPSA) is 49.8 Å². The first-order valence-corrected chi connectivity index (χ1v) is 5.84. The lowest BCUT2D eigenvalue weighted by Gasteiger charge is -2.31. The third-order valence-electron chi connectivity index (χ3n) is 3.10. The summed E-state index contributed by atoms with van der Waals surface area (Å²) < 4.78 is 4.64. The van der Waals surface area contributed by atoms with Crippen LogP contribution in [-0.4, -0.2) is 31.3 Å². The van der Waals surface area contributed by atoms with E-state index < -0.39 is 0 Å². The van der Waals surface area contributed by atoms with E-state index in [2.05, 4.69) is 9.64 Å². The number of phenolic OH excluding ortho intramolecular Hbond substituents is 1. The smallest absolute Gasteiger partial charge is 0.307 e. The summed E-state index contributed by atoms with van der Waals surface area (Å²) in [5.41, 5.74) is 2.28. The van der Waals surface area contributed by atoms with E-state index in [-0.39, 0.29) is 11.7 Å². The zero-order valence-corrected chi connectivity index (χ0v) is 9.98. The molecule has 0 atom stereocenters. The van der Waals surface area contributed by atoms with Crippen LogP contribution in [0.3, 0.4) is 0 Å². The molecule has 1 aromatic rings. The van der Waals surface area contributed by atoms with Gasteiger partial charge in [0.05, 0.1) is 13.5 Å². The van der Waals surface area contributed by atoms with Gasteiger partial charge < -0.3 is 14.7 Å². The van der Waals surface area contributed by atoms with Crippen LogP contribution in [-0.2, 0) is 16.0 Å². The number of hydrogen-bond donors (Lipinski definition) is 1. The molecule has 92 valence electrons. The van der Waals surface area contributed by atoms with Crippen molar-refractivity contribution in [1.82, 2.24) is 0 Å². The molecule has 1 aromatic carbocycles. The van der Waals surface area contributed by atoms with Crippen molar-refractivity contribution in [3.63, 3.8) is 0 Å². The molecule has 0 fully saturated rings. The first kappa shape index (κ1) is 11.8. The van der Waals surface area contributed by atoms with Gasteiger partial charge in [-0.1, -0.05) is 6.07 Å². The van der Waals surface area contributed by atoms with Crippen LogP contribution >= 0.6 is 0 Å². The molecule has 2 rings (SSSR count). The summed E-state index contributed by atoms with van der Waals surface area (Å²) in [4.78, 5) is 13.3. The summed E-state index contributed by atoms with van der Waals surface area (Å²) in [5.74, 6) is 0.0750. The number of benzene rings is 1. The fourth-order valence-corrected chi connectivity index (χ4v) is 2.20. The molecule has 4 heteroatoms. The fraction of sp³-hybridized carbons (Fsp3) is 0.462. The highest BCUT2D eigenvalue weighted by molar-refractivity contribution is 5.70. The lowest BCUT2D eigenvalue weighted by molar-refractivity contribution is -0.140. The van der Waals surface area contributed by atoms with E-state index in [1.807, 2.05) is 6.07 Å². The Bertz CT molecular complexity index is 417. The first-order chi connectivity index (χ1) is 8.20. The van der Waals surface area contributed by atoms with Gasteiger partial charge in [0.15, 0.2) is 0 Å². The van der Waals surface area contributed by atoms with E-state index in [0.29, 0.717) is 13.0 Å². The van der Waals surface area contributed by atoms with E-state index in [1.165, 1.54) is 12.7 Å². The molecule has 1 aliphatic heterocycles. The van der Waals surface area contributed by atoms with Crippen molar-refractivity contribution in [3.8, 4) is 5.75 Å². The SMILES string of the molecule is COC(=O)CCN1CCCc2ccc(O)cc21. The molecule has 0 aromatic heterocycles. The van der Waals surface area contributed by atoms with Crippen LogP contribution in [0.5, 0.6) is 5.75 Å². The monoisotopic (exact) mass is 235 g/mol. The highest BCUT2D eigenvalue weighted by atomic mass is 16.5. The highest BCUT2D eigenvalue weighted by Gasteiger charge is 2.17. The molecule has 17 heavy (non-hydrogen) atoms. The van der Waals surface area contributed by atoms with Crippen molar-refractivity contribution in [2.24, 2.45) is 0 Å². The van der Waals surface area contributed by atoms with Crippen LogP contribution in [0.1, 0.15) is 18.4 Å². The van der Waals surface area contributed by atoms with Gasteiger partial charge >= 0.3 is 5.97 Å². The van der Waals surface area contributed by atoms with Gasteiger partial charge in [-0.25, -0.2) is 0 Å². The molecule has 0 saturated heterocycles. The highest BCUT2D eigenvalue weighted by Crippen LogP contribution is 2.30. The second-order valence-electron chi connectivity index (χ2n) is 4.23. The molecule has 1 N–H and O–H groups in total. The molecular weight excluding hydrogens is 218 g/mol. The summed E-state index contributed by atoms with van der Waals surface area (Å²) in [6.07, 6.45) is 2.49. The number of aromatic hydroxyl groups is 1. The van der Waals surface area contributed by atoms with Crippen molar-refractivity contribution in [2.45, 2.75) is 19.3 Å². The van der Waals surface area contributed by atoms with Gasteiger partial charge in [0.1, 0.15) is 5.75 Å². The summed E-state index contributed by atoms with van der Waals surface area (Å²) in [5, 5.41) is 9.51. The number of carbonyl (C=O) groups excluding carboxylic acids is 1. The number of rotatable bonds is 3. The van der Waals surface area contributed by atoms with Crippen molar-refractivity contribution in [2.75, 3.05) is 25.1 Å². The van der Waals surface area contributed by atoms with Gasteiger partial charge in [0.2, 0.25) is 0 Å². The van der Waals surface area contributed by atoms with Crippen molar-refractivity contribution in [3.05, 3.63) is 23.8 Å². The Balaban J connectivity index is 2.11. The lowest BCUT2D eigenvalue weighted by atomic mass is 10.0. The maximum atomic E-state index is 11.1. The number of phenols is 1. The minimum absolute atomic E-state index is 0.197. The predicted octanol–water partition coefficient (Wildman–Crippen LogP) is 1.71. The summed E-state index contributed by atoms with van der Waals surface area (Å²) in [6.45, 7) is 1.57. The number of anilines is 1. The standard InChI is InChI=1S/C13H17NO3/c1-17-13(16)6-8-14-7-2-3-10-4-5-11(15)9-12(10)14/h4-5,9,15H,2-3,6-8H2,1H3. The Morgan fingerprint density at radius 3 is 3.12 bits per heavy atom. The second-order valence-corrected chi connectivity index (χ2v) is 4.23. The largest absolute Gasteiger partial charge is 0.508 e. The van der Waals surface area contributed by atoms with Crippen molar-refractivity contribution in [1.29, 1.82) is 0 Å². The summed E-state index contributed by atoms with van der Waals surface area (Å²) >= 11 is 0. The van der Waals surface area contributed by atoms with Crippen LogP contribution in [0, 0.1) is 0 Å². The molecule has 4 nitrogen and oxygen atoms in total. The minimum atomic E-state index is -0.197. The second kappa shape index (κ2) is 5.08. The van der Waals surface area contributed by atoms with Gasteiger partial charge in [-0.2, -0.15) is 0 Å². The van der Waals surface area contributed by atoms with Crippen LogP contribution in [0.15, 0.2) is 18.2 Å². The zero-order chi connectivity index (χ0) is 12.3. The molecule has 0 saturated carbocycles. The first-order valence-electron chi connectivity index (χ1n) is 5.84. The van der Waals surface area contributed by atoms with Crippen molar-refractivity contribution >= 4 is 11.7 Å². The Kier molecular flexibility index (Phi) is 3.52. The van der Waals surface area contributed by atoms with Crippen LogP contribution in [0.25, 0.3) is 0 Å². The maximum absolute atomic E-state index is 11.1. The number of carbonyl (C=O) groups is 1. The third kappa shape index (κ3) is 2.70. The van der Waals surface area contributed by atoms with E-state index in [1.54, 1.807) is 12.1 Å². The maximum Gasteiger partial charge on any atom is 0.307 e. The van der Waals surface area contributed by atoms with E-state index in [4.69, 9.17) is 0 Å². The van der Waals surface area contributed by atoms with Crippen LogP contribution < -0.4 is 4.90 Å². The predicted molar refractivity (Wildman–Crippen MR) is 65.3 cm³/mol. The Morgan fingerprint density at radius 1 is 1.53 bits per heavy atom. The van der Waals surface area contributed by atoms with E-state index >= 15 is 0 Å². The van der Waals surface area contributed by atoms with Gasteiger partial charge in [-0.15, -0.1) is 0 Å². The number of fused-ring (bicyclic) bond motifs is 1. The van der Waals surface area contributed by atoms with Gasteiger partial charge in [-0.3, -0.25) is 4.79 Å². The average molecular weight is 235 g/mol. The van der Waals surface area contributed by atoms with Crippen LogP contribution in [0.2, 0.25) is 0 Å². The third-order valence-corrected chi connectivity index (χ3v) is 3.10. The van der Waals surface area contributed by atoms with Crippen LogP contribution in [0.4, 0.5) is 5.69 Å². The molecular formula is C13H17NO3. The van der Waals surface area contributed by atoms with Gasteiger partial charge in [-0.05, 0) is 24.5 Å². The number of aryl methyl sites for hydroxylation is 1. The Morgan fingerprint density at radius 2 is 2.35 bits per heavy atom. The Hall–Kier alpha value is -1.71. The quantitative estimate of drug-likeness (QED) is 0.810. The Labute approximate surface area is 101 Å². The number of nitrogens with zero attached hydrogens (tertiary/aromatic N) is 1.